The van der Waals surface area contributed by atoms with Gasteiger partial charge in [0.25, 0.3) is 0 Å². The monoisotopic (exact) mass is 437 g/mol. The predicted octanol–water partition coefficient (Wildman–Crippen LogP) is 5.30. The van der Waals surface area contributed by atoms with Crippen LogP contribution in [0.1, 0.15) is 16.1 Å². The Bertz CT molecular complexity index is 1180. The van der Waals surface area contributed by atoms with Gasteiger partial charge in [0.2, 0.25) is 5.91 Å². The molecule has 152 valence electrons. The molecule has 0 aliphatic rings. The van der Waals surface area contributed by atoms with E-state index in [0.717, 1.165) is 21.8 Å². The van der Waals surface area contributed by atoms with Crippen LogP contribution in [0.15, 0.2) is 72.3 Å². The third-order valence-corrected chi connectivity index (χ3v) is 5.84. The second-order valence-electron chi connectivity index (χ2n) is 6.64. The van der Waals surface area contributed by atoms with Gasteiger partial charge in [-0.3, -0.25) is 9.20 Å². The average molecular weight is 438 g/mol. The summed E-state index contributed by atoms with van der Waals surface area (Å²) in [6, 6.07) is 17.4. The molecule has 0 unspecified atom stereocenters. The van der Waals surface area contributed by atoms with E-state index in [0.29, 0.717) is 23.9 Å². The maximum absolute atomic E-state index is 13.1. The number of methoxy groups -OCH3 is 1. The van der Waals surface area contributed by atoms with Crippen LogP contribution in [0.25, 0.3) is 11.7 Å². The molecule has 4 rings (SSSR count). The summed E-state index contributed by atoms with van der Waals surface area (Å²) in [5.74, 6) is 0.645. The second kappa shape index (κ2) is 9.15. The molecule has 30 heavy (non-hydrogen) atoms. The molecule has 0 aliphatic heterocycles. The van der Waals surface area contributed by atoms with Crippen molar-refractivity contribution in [3.8, 4) is 5.75 Å². The second-order valence-corrected chi connectivity index (χ2v) is 8.03. The number of hydrogen-bond acceptors (Lipinski definition) is 4. The van der Waals surface area contributed by atoms with Gasteiger partial charge in [-0.1, -0.05) is 41.9 Å². The number of para-hydroxylation sites is 1. The van der Waals surface area contributed by atoms with Gasteiger partial charge in [-0.2, -0.15) is 0 Å². The maximum atomic E-state index is 13.1. The van der Waals surface area contributed by atoms with Gasteiger partial charge in [-0.25, -0.2) is 4.98 Å². The number of rotatable bonds is 7. The Morgan fingerprint density at radius 3 is 2.80 bits per heavy atom. The van der Waals surface area contributed by atoms with E-state index in [1.807, 2.05) is 70.6 Å². The highest BCUT2D eigenvalue weighted by molar-refractivity contribution is 7.09. The molecule has 0 saturated carbocycles. The number of amides is 1. The number of fused-ring (bicyclic) bond motifs is 1. The number of imidazole rings is 1. The smallest absolute Gasteiger partial charge is 0.247 e. The van der Waals surface area contributed by atoms with Gasteiger partial charge >= 0.3 is 0 Å². The highest BCUT2D eigenvalue weighted by Gasteiger charge is 2.16. The Balaban J connectivity index is 1.61. The predicted molar refractivity (Wildman–Crippen MR) is 121 cm³/mol. The van der Waals surface area contributed by atoms with E-state index in [2.05, 4.69) is 4.98 Å². The fraction of sp³-hybridized carbons (Fsp3) is 0.130. The van der Waals surface area contributed by atoms with Gasteiger partial charge in [0.1, 0.15) is 11.4 Å². The summed E-state index contributed by atoms with van der Waals surface area (Å²) >= 11 is 7.92. The van der Waals surface area contributed by atoms with Crippen molar-refractivity contribution in [3.63, 3.8) is 0 Å². The maximum Gasteiger partial charge on any atom is 0.247 e. The van der Waals surface area contributed by atoms with Gasteiger partial charge < -0.3 is 9.64 Å². The minimum atomic E-state index is -0.115. The van der Waals surface area contributed by atoms with Crippen LogP contribution in [0.5, 0.6) is 5.75 Å². The van der Waals surface area contributed by atoms with Crippen LogP contribution in [0.3, 0.4) is 0 Å². The van der Waals surface area contributed by atoms with Crippen LogP contribution in [-0.2, 0) is 17.9 Å². The molecule has 0 aliphatic carbocycles. The van der Waals surface area contributed by atoms with Crippen molar-refractivity contribution in [1.82, 2.24) is 14.3 Å². The van der Waals surface area contributed by atoms with E-state index in [4.69, 9.17) is 16.3 Å². The molecule has 0 N–H and O–H groups in total. The Hall–Kier alpha value is -3.09. The van der Waals surface area contributed by atoms with Crippen LogP contribution in [0.4, 0.5) is 0 Å². The van der Waals surface area contributed by atoms with E-state index >= 15 is 0 Å². The molecule has 0 saturated heterocycles. The third kappa shape index (κ3) is 4.40. The molecular weight excluding hydrogens is 418 g/mol. The van der Waals surface area contributed by atoms with Crippen molar-refractivity contribution in [2.75, 3.05) is 7.11 Å². The zero-order valence-corrected chi connectivity index (χ0v) is 17.9. The average Bonchev–Trinajstić information content (AvgIpc) is 3.38. The van der Waals surface area contributed by atoms with Crippen molar-refractivity contribution in [1.29, 1.82) is 0 Å². The molecule has 7 heteroatoms. The first-order valence-electron chi connectivity index (χ1n) is 9.39. The number of carbonyl (C=O) groups excluding carboxylic acids is 1. The van der Waals surface area contributed by atoms with Gasteiger partial charge in [-0.05, 0) is 35.7 Å². The summed E-state index contributed by atoms with van der Waals surface area (Å²) < 4.78 is 7.32. The highest BCUT2D eigenvalue weighted by atomic mass is 35.5. The van der Waals surface area contributed by atoms with Gasteiger partial charge in [0.05, 0.1) is 19.3 Å². The molecule has 0 atom stereocenters. The van der Waals surface area contributed by atoms with Crippen molar-refractivity contribution < 1.29 is 9.53 Å². The van der Waals surface area contributed by atoms with Crippen LogP contribution in [0, 0.1) is 0 Å². The summed E-state index contributed by atoms with van der Waals surface area (Å²) in [7, 11) is 1.64. The summed E-state index contributed by atoms with van der Waals surface area (Å²) in [6.07, 6.45) is 5.14. The lowest BCUT2D eigenvalue weighted by Crippen LogP contribution is -2.28. The van der Waals surface area contributed by atoms with Gasteiger partial charge in [-0.15, -0.1) is 11.3 Å². The molecular formula is C23H20ClN3O2S. The quantitative estimate of drug-likeness (QED) is 0.368. The van der Waals surface area contributed by atoms with Crippen LogP contribution >= 0.6 is 22.9 Å². The highest BCUT2D eigenvalue weighted by Crippen LogP contribution is 2.23. The number of thiophene rings is 1. The zero-order chi connectivity index (χ0) is 20.9. The van der Waals surface area contributed by atoms with E-state index in [9.17, 15) is 4.79 Å². The summed E-state index contributed by atoms with van der Waals surface area (Å²) in [6.45, 7) is 0.950. The summed E-state index contributed by atoms with van der Waals surface area (Å²) in [5.41, 5.74) is 2.36. The normalized spacial score (nSPS) is 11.3. The molecule has 1 aromatic carbocycles. The van der Waals surface area contributed by atoms with E-state index < -0.39 is 0 Å². The molecule has 4 aromatic rings. The Kier molecular flexibility index (Phi) is 6.16. The van der Waals surface area contributed by atoms with Crippen LogP contribution < -0.4 is 4.74 Å². The van der Waals surface area contributed by atoms with Crippen molar-refractivity contribution in [2.24, 2.45) is 0 Å². The Labute approximate surface area is 183 Å². The lowest BCUT2D eigenvalue weighted by molar-refractivity contribution is -0.127. The molecule has 3 aromatic heterocycles. The SMILES string of the molecule is COc1ccccc1CN(Cc1cccs1)C(=O)/C=C/c1c(Cl)nc2ccccn12. The Morgan fingerprint density at radius 2 is 2.00 bits per heavy atom. The number of pyridine rings is 1. The molecule has 0 radical (unpaired) electrons. The number of hydrogen-bond donors (Lipinski definition) is 0. The van der Waals surface area contributed by atoms with Crippen molar-refractivity contribution >= 4 is 40.6 Å². The minimum Gasteiger partial charge on any atom is -0.496 e. The van der Waals surface area contributed by atoms with Crippen molar-refractivity contribution in [3.05, 3.63) is 93.5 Å². The number of halogens is 1. The van der Waals surface area contributed by atoms with Crippen LogP contribution in [-0.4, -0.2) is 27.3 Å². The van der Waals surface area contributed by atoms with Gasteiger partial charge in [0.15, 0.2) is 5.15 Å². The number of benzene rings is 1. The summed E-state index contributed by atoms with van der Waals surface area (Å²) in [4.78, 5) is 20.4. The zero-order valence-electron chi connectivity index (χ0n) is 16.4. The molecule has 1 amide bonds. The molecule has 5 nitrogen and oxygen atoms in total. The van der Waals surface area contributed by atoms with E-state index in [1.165, 1.54) is 0 Å². The summed E-state index contributed by atoms with van der Waals surface area (Å²) in [5, 5.41) is 2.37. The first-order chi connectivity index (χ1) is 14.7. The van der Waals surface area contributed by atoms with Crippen LogP contribution in [0.2, 0.25) is 5.15 Å². The Morgan fingerprint density at radius 1 is 1.17 bits per heavy atom. The fourth-order valence-corrected chi connectivity index (χ4v) is 4.19. The minimum absolute atomic E-state index is 0.115. The first kappa shape index (κ1) is 20.2. The number of ether oxygens (including phenoxy) is 1. The molecule has 3 heterocycles. The number of nitrogens with zero attached hydrogens (tertiary/aromatic N) is 3. The third-order valence-electron chi connectivity index (χ3n) is 4.70. The molecule has 0 fully saturated rings. The van der Waals surface area contributed by atoms with E-state index in [-0.39, 0.29) is 5.91 Å². The first-order valence-corrected chi connectivity index (χ1v) is 10.7. The number of carbonyl (C=O) groups is 1. The lowest BCUT2D eigenvalue weighted by atomic mass is 10.2. The van der Waals surface area contributed by atoms with Crippen molar-refractivity contribution in [2.45, 2.75) is 13.1 Å². The largest absolute Gasteiger partial charge is 0.496 e. The van der Waals surface area contributed by atoms with Gasteiger partial charge in [0, 0.05) is 29.3 Å². The molecule has 0 spiro atoms. The standard InChI is InChI=1S/C23H20ClN3O2S/c1-29-20-9-3-2-7-17(20)15-26(16-18-8-6-14-30-18)22(28)12-11-19-23(24)25-21-10-4-5-13-27(19)21/h2-14H,15-16H2,1H3/b12-11+. The number of aromatic nitrogens is 2. The topological polar surface area (TPSA) is 46.8 Å². The lowest BCUT2D eigenvalue weighted by Gasteiger charge is -2.22. The fourth-order valence-electron chi connectivity index (χ4n) is 3.23. The molecule has 0 bridgehead atoms. The van der Waals surface area contributed by atoms with E-state index in [1.54, 1.807) is 35.5 Å².